The summed E-state index contributed by atoms with van der Waals surface area (Å²) in [6.07, 6.45) is 1.80. The minimum Gasteiger partial charge on any atom is -0.484 e. The molecule has 0 saturated carbocycles. The van der Waals surface area contributed by atoms with Crippen LogP contribution < -0.4 is 15.0 Å². The van der Waals surface area contributed by atoms with E-state index in [2.05, 4.69) is 36.0 Å². The number of carbonyl (C=O) groups is 1. The molecule has 1 aliphatic rings. The van der Waals surface area contributed by atoms with Gasteiger partial charge in [-0.05, 0) is 34.7 Å². The minimum absolute atomic E-state index is 0.00580. The molecule has 0 bridgehead atoms. The van der Waals surface area contributed by atoms with Gasteiger partial charge in [0.2, 0.25) is 0 Å². The molecule has 1 N–H and O–H groups in total. The van der Waals surface area contributed by atoms with Gasteiger partial charge in [-0.1, -0.05) is 39.0 Å². The predicted octanol–water partition coefficient (Wildman–Crippen LogP) is 2.91. The minimum atomic E-state index is -0.155. The third-order valence-electron chi connectivity index (χ3n) is 4.72. The summed E-state index contributed by atoms with van der Waals surface area (Å²) in [6.45, 7) is 10.1. The molecule has 28 heavy (non-hydrogen) atoms. The second-order valence-electron chi connectivity index (χ2n) is 7.96. The fourth-order valence-electron chi connectivity index (χ4n) is 2.95. The number of hydrogen-bond donors (Lipinski definition) is 1. The smallest absolute Gasteiger partial charge is 0.258 e. The van der Waals surface area contributed by atoms with E-state index in [1.54, 1.807) is 6.20 Å². The van der Waals surface area contributed by atoms with Crippen molar-refractivity contribution in [3.8, 4) is 5.75 Å². The molecular formula is C22H29N3O3. The molecule has 1 amide bonds. The van der Waals surface area contributed by atoms with Gasteiger partial charge in [0.1, 0.15) is 11.6 Å². The number of carbonyl (C=O) groups excluding carboxylic acids is 1. The average molecular weight is 383 g/mol. The second kappa shape index (κ2) is 9.06. The van der Waals surface area contributed by atoms with Crippen LogP contribution in [0.4, 0.5) is 5.82 Å². The van der Waals surface area contributed by atoms with Gasteiger partial charge in [0.05, 0.1) is 13.2 Å². The molecule has 2 heterocycles. The Morgan fingerprint density at radius 2 is 1.86 bits per heavy atom. The van der Waals surface area contributed by atoms with Crippen LogP contribution >= 0.6 is 0 Å². The number of aromatic nitrogens is 1. The van der Waals surface area contributed by atoms with Gasteiger partial charge < -0.3 is 19.7 Å². The van der Waals surface area contributed by atoms with Crippen molar-refractivity contribution in [3.63, 3.8) is 0 Å². The molecule has 1 fully saturated rings. The van der Waals surface area contributed by atoms with Gasteiger partial charge in [0, 0.05) is 25.8 Å². The normalized spacial score (nSPS) is 14.6. The molecular weight excluding hydrogens is 354 g/mol. The number of ether oxygens (including phenoxy) is 2. The fourth-order valence-corrected chi connectivity index (χ4v) is 2.95. The number of pyridine rings is 1. The Labute approximate surface area is 166 Å². The first-order valence-corrected chi connectivity index (χ1v) is 9.69. The largest absolute Gasteiger partial charge is 0.484 e. The molecule has 2 aromatic rings. The van der Waals surface area contributed by atoms with Gasteiger partial charge in [-0.3, -0.25) is 4.79 Å². The van der Waals surface area contributed by atoms with E-state index in [4.69, 9.17) is 9.47 Å². The average Bonchev–Trinajstić information content (AvgIpc) is 2.71. The quantitative estimate of drug-likeness (QED) is 0.831. The zero-order valence-corrected chi connectivity index (χ0v) is 16.9. The Kier molecular flexibility index (Phi) is 6.52. The van der Waals surface area contributed by atoms with Gasteiger partial charge in [0.25, 0.3) is 5.91 Å². The summed E-state index contributed by atoms with van der Waals surface area (Å²) in [7, 11) is 0. The maximum Gasteiger partial charge on any atom is 0.258 e. The van der Waals surface area contributed by atoms with Gasteiger partial charge in [0.15, 0.2) is 6.61 Å². The van der Waals surface area contributed by atoms with Crippen molar-refractivity contribution in [3.05, 3.63) is 53.7 Å². The number of amides is 1. The Morgan fingerprint density at radius 1 is 1.14 bits per heavy atom. The highest BCUT2D eigenvalue weighted by molar-refractivity contribution is 5.77. The molecule has 1 saturated heterocycles. The fraction of sp³-hybridized carbons (Fsp3) is 0.455. The number of nitrogens with zero attached hydrogens (tertiary/aromatic N) is 2. The van der Waals surface area contributed by atoms with E-state index in [-0.39, 0.29) is 17.9 Å². The van der Waals surface area contributed by atoms with Gasteiger partial charge in [-0.25, -0.2) is 4.98 Å². The molecule has 3 rings (SSSR count). The Balaban J connectivity index is 1.42. The van der Waals surface area contributed by atoms with Crippen LogP contribution in [0.3, 0.4) is 0 Å². The molecule has 6 nitrogen and oxygen atoms in total. The zero-order valence-electron chi connectivity index (χ0n) is 16.9. The van der Waals surface area contributed by atoms with Crippen LogP contribution in [0.2, 0.25) is 0 Å². The van der Waals surface area contributed by atoms with E-state index in [0.717, 1.165) is 37.7 Å². The van der Waals surface area contributed by atoms with Crippen LogP contribution in [0.5, 0.6) is 5.75 Å². The van der Waals surface area contributed by atoms with Gasteiger partial charge in [-0.15, -0.1) is 0 Å². The van der Waals surface area contributed by atoms with Crippen LogP contribution in [-0.4, -0.2) is 43.8 Å². The summed E-state index contributed by atoms with van der Waals surface area (Å²) >= 11 is 0. The van der Waals surface area contributed by atoms with E-state index in [0.29, 0.717) is 12.3 Å². The number of nitrogens with one attached hydrogen (secondary N) is 1. The summed E-state index contributed by atoms with van der Waals surface area (Å²) in [5.41, 5.74) is 2.29. The van der Waals surface area contributed by atoms with Crippen LogP contribution in [-0.2, 0) is 21.5 Å². The maximum atomic E-state index is 12.1. The summed E-state index contributed by atoms with van der Waals surface area (Å²) in [5.74, 6) is 1.48. The number of anilines is 1. The maximum absolute atomic E-state index is 12.1. The monoisotopic (exact) mass is 383 g/mol. The lowest BCUT2D eigenvalue weighted by atomic mass is 9.87. The molecule has 0 atom stereocenters. The van der Waals surface area contributed by atoms with E-state index in [1.165, 1.54) is 5.56 Å². The van der Waals surface area contributed by atoms with Crippen molar-refractivity contribution in [1.29, 1.82) is 0 Å². The highest BCUT2D eigenvalue weighted by atomic mass is 16.5. The predicted molar refractivity (Wildman–Crippen MR) is 110 cm³/mol. The highest BCUT2D eigenvalue weighted by Crippen LogP contribution is 2.24. The van der Waals surface area contributed by atoms with Crippen LogP contribution in [0.1, 0.15) is 31.9 Å². The van der Waals surface area contributed by atoms with Crippen molar-refractivity contribution >= 4 is 11.7 Å². The van der Waals surface area contributed by atoms with Crippen LogP contribution in [0.15, 0.2) is 42.6 Å². The first-order chi connectivity index (χ1) is 13.4. The molecule has 0 spiro atoms. The van der Waals surface area contributed by atoms with Crippen molar-refractivity contribution < 1.29 is 14.3 Å². The second-order valence-corrected chi connectivity index (χ2v) is 7.96. The third kappa shape index (κ3) is 5.70. The van der Waals surface area contributed by atoms with E-state index < -0.39 is 0 Å². The van der Waals surface area contributed by atoms with Crippen molar-refractivity contribution in [2.75, 3.05) is 37.8 Å². The lowest BCUT2D eigenvalue weighted by molar-refractivity contribution is -0.123. The Morgan fingerprint density at radius 3 is 2.46 bits per heavy atom. The van der Waals surface area contributed by atoms with E-state index >= 15 is 0 Å². The van der Waals surface area contributed by atoms with Crippen molar-refractivity contribution in [1.82, 2.24) is 10.3 Å². The molecule has 1 aliphatic heterocycles. The number of benzene rings is 1. The summed E-state index contributed by atoms with van der Waals surface area (Å²) in [6, 6.07) is 11.9. The number of rotatable bonds is 6. The van der Waals surface area contributed by atoms with Gasteiger partial charge >= 0.3 is 0 Å². The van der Waals surface area contributed by atoms with E-state index in [9.17, 15) is 4.79 Å². The summed E-state index contributed by atoms with van der Waals surface area (Å²) in [4.78, 5) is 18.7. The lowest BCUT2D eigenvalue weighted by Crippen LogP contribution is -2.36. The molecule has 0 aliphatic carbocycles. The standard InChI is InChI=1S/C22H29N3O3/c1-22(2,3)18-5-7-19(8-6-18)28-16-21(26)24-15-17-4-9-20(23-14-17)25-10-12-27-13-11-25/h4-9,14H,10-13,15-16H2,1-3H3,(H,24,26). The first kappa shape index (κ1) is 20.1. The molecule has 0 unspecified atom stereocenters. The van der Waals surface area contributed by atoms with Crippen molar-refractivity contribution in [2.45, 2.75) is 32.7 Å². The Hall–Kier alpha value is -2.60. The number of hydrogen-bond acceptors (Lipinski definition) is 5. The number of morpholine rings is 1. The Bertz CT molecular complexity index is 761. The molecule has 150 valence electrons. The highest BCUT2D eigenvalue weighted by Gasteiger charge is 2.14. The zero-order chi connectivity index (χ0) is 20.0. The lowest BCUT2D eigenvalue weighted by Gasteiger charge is -2.27. The SMILES string of the molecule is CC(C)(C)c1ccc(OCC(=O)NCc2ccc(N3CCOCC3)nc2)cc1. The summed E-state index contributed by atoms with van der Waals surface area (Å²) < 4.78 is 10.9. The van der Waals surface area contributed by atoms with Crippen molar-refractivity contribution in [2.24, 2.45) is 0 Å². The first-order valence-electron chi connectivity index (χ1n) is 9.69. The summed E-state index contributed by atoms with van der Waals surface area (Å²) in [5, 5.41) is 2.87. The molecule has 0 radical (unpaired) electrons. The third-order valence-corrected chi connectivity index (χ3v) is 4.72. The topological polar surface area (TPSA) is 63.7 Å². The van der Waals surface area contributed by atoms with Gasteiger partial charge in [-0.2, -0.15) is 0 Å². The van der Waals surface area contributed by atoms with E-state index in [1.807, 2.05) is 36.4 Å². The van der Waals surface area contributed by atoms with Crippen LogP contribution in [0, 0.1) is 0 Å². The molecule has 6 heteroatoms. The van der Waals surface area contributed by atoms with Crippen LogP contribution in [0.25, 0.3) is 0 Å². The molecule has 1 aromatic carbocycles. The molecule has 1 aromatic heterocycles.